The molecule has 0 heterocycles. The van der Waals surface area contributed by atoms with Crippen molar-refractivity contribution in [1.82, 2.24) is 10.2 Å². The Hall–Kier alpha value is -0.650. The highest BCUT2D eigenvalue weighted by Gasteiger charge is 2.36. The van der Waals surface area contributed by atoms with E-state index in [9.17, 15) is 9.90 Å². The molecule has 2 atom stereocenters. The van der Waals surface area contributed by atoms with Crippen molar-refractivity contribution in [2.45, 2.75) is 71.6 Å². The second-order valence-corrected chi connectivity index (χ2v) is 6.31. The lowest BCUT2D eigenvalue weighted by Crippen LogP contribution is -2.56. The summed E-state index contributed by atoms with van der Waals surface area (Å²) in [4.78, 5) is 13.9. The van der Waals surface area contributed by atoms with E-state index in [0.717, 1.165) is 6.54 Å². The average molecular weight is 288 g/mol. The minimum Gasteiger partial charge on any atom is -0.480 e. The number of carboxylic acids is 1. The number of methoxy groups -OCH3 is 1. The normalized spacial score (nSPS) is 16.7. The number of carboxylic acid groups (broad SMARTS) is 1. The number of hydrogen-bond acceptors (Lipinski definition) is 4. The maximum atomic E-state index is 11.6. The molecule has 0 rings (SSSR count). The van der Waals surface area contributed by atoms with Crippen LogP contribution in [0.25, 0.3) is 0 Å². The van der Waals surface area contributed by atoms with E-state index in [1.54, 1.807) is 14.0 Å². The molecule has 20 heavy (non-hydrogen) atoms. The molecule has 0 amide bonds. The van der Waals surface area contributed by atoms with Gasteiger partial charge >= 0.3 is 5.97 Å². The molecule has 0 saturated heterocycles. The summed E-state index contributed by atoms with van der Waals surface area (Å²) in [6.07, 6.45) is 0.558. The van der Waals surface area contributed by atoms with Crippen LogP contribution in [0.4, 0.5) is 0 Å². The lowest BCUT2D eigenvalue weighted by molar-refractivity contribution is -0.145. The van der Waals surface area contributed by atoms with Gasteiger partial charge in [0.15, 0.2) is 0 Å². The van der Waals surface area contributed by atoms with Crippen LogP contribution in [0.3, 0.4) is 0 Å². The zero-order chi connectivity index (χ0) is 15.9. The van der Waals surface area contributed by atoms with Crippen molar-refractivity contribution in [3.05, 3.63) is 0 Å². The summed E-state index contributed by atoms with van der Waals surface area (Å²) in [5.41, 5.74) is -0.909. The van der Waals surface area contributed by atoms with E-state index in [1.807, 2.05) is 13.8 Å². The van der Waals surface area contributed by atoms with Gasteiger partial charge in [-0.05, 0) is 48.0 Å². The Morgan fingerprint density at radius 3 is 2.20 bits per heavy atom. The third-order valence-corrected chi connectivity index (χ3v) is 3.57. The third-order valence-electron chi connectivity index (χ3n) is 3.57. The molecule has 0 bridgehead atoms. The number of nitrogens with one attached hydrogen (secondary N) is 1. The van der Waals surface area contributed by atoms with Crippen molar-refractivity contribution in [3.8, 4) is 0 Å². The van der Waals surface area contributed by atoms with E-state index in [4.69, 9.17) is 4.74 Å². The van der Waals surface area contributed by atoms with Crippen molar-refractivity contribution in [2.75, 3.05) is 20.3 Å². The second kappa shape index (κ2) is 8.60. The van der Waals surface area contributed by atoms with Gasteiger partial charge in [0, 0.05) is 31.8 Å². The van der Waals surface area contributed by atoms with Crippen molar-refractivity contribution in [3.63, 3.8) is 0 Å². The summed E-state index contributed by atoms with van der Waals surface area (Å²) in [6, 6.07) is 0.657. The van der Waals surface area contributed by atoms with Crippen molar-refractivity contribution < 1.29 is 14.6 Å². The quantitative estimate of drug-likeness (QED) is 0.643. The average Bonchev–Trinajstić information content (AvgIpc) is 2.27. The minimum absolute atomic E-state index is 0.134. The van der Waals surface area contributed by atoms with Crippen LogP contribution in [-0.2, 0) is 9.53 Å². The molecule has 5 heteroatoms. The summed E-state index contributed by atoms with van der Waals surface area (Å²) in [7, 11) is 1.69. The number of hydrogen-bond donors (Lipinski definition) is 2. The maximum absolute atomic E-state index is 11.6. The van der Waals surface area contributed by atoms with E-state index in [0.29, 0.717) is 19.1 Å². The van der Waals surface area contributed by atoms with Crippen LogP contribution in [0.2, 0.25) is 0 Å². The van der Waals surface area contributed by atoms with Gasteiger partial charge in [-0.1, -0.05) is 0 Å². The first-order chi connectivity index (χ1) is 9.14. The van der Waals surface area contributed by atoms with Crippen LogP contribution >= 0.6 is 0 Å². The van der Waals surface area contributed by atoms with Gasteiger partial charge in [0.1, 0.15) is 5.54 Å². The predicted octanol–water partition coefficient (Wildman–Crippen LogP) is 1.96. The Kier molecular flexibility index (Phi) is 8.32. The summed E-state index contributed by atoms with van der Waals surface area (Å²) in [5.74, 6) is -0.798. The molecule has 0 fully saturated rings. The van der Waals surface area contributed by atoms with Gasteiger partial charge in [0.2, 0.25) is 0 Å². The van der Waals surface area contributed by atoms with Crippen LogP contribution in [0.5, 0.6) is 0 Å². The van der Waals surface area contributed by atoms with E-state index < -0.39 is 11.5 Å². The van der Waals surface area contributed by atoms with Gasteiger partial charge in [0.25, 0.3) is 0 Å². The van der Waals surface area contributed by atoms with E-state index in [1.165, 1.54) is 0 Å². The zero-order valence-electron chi connectivity index (χ0n) is 14.1. The fourth-order valence-corrected chi connectivity index (χ4v) is 2.74. The molecule has 0 aromatic carbocycles. The monoisotopic (exact) mass is 288 g/mol. The number of ether oxygens (including phenoxy) is 1. The van der Waals surface area contributed by atoms with Crippen molar-refractivity contribution in [2.24, 2.45) is 0 Å². The molecule has 0 saturated carbocycles. The number of nitrogens with zero attached hydrogens (tertiary/aromatic N) is 1. The standard InChI is InChI=1S/C15H32N2O3/c1-11(2)16-15(6,14(18)19)10-13(5)17(12(3)4)8-9-20-7/h11-13,16H,8-10H2,1-7H3,(H,18,19). The van der Waals surface area contributed by atoms with Gasteiger partial charge in [-0.15, -0.1) is 0 Å². The molecule has 5 nitrogen and oxygen atoms in total. The Labute approximate surface area is 123 Å². The fourth-order valence-electron chi connectivity index (χ4n) is 2.74. The predicted molar refractivity (Wildman–Crippen MR) is 82.1 cm³/mol. The molecule has 0 aliphatic rings. The van der Waals surface area contributed by atoms with Crippen LogP contribution < -0.4 is 5.32 Å². The molecule has 0 spiro atoms. The Bertz CT molecular complexity index is 295. The molecule has 0 aromatic rings. The number of aliphatic carboxylic acids is 1. The first-order valence-electron chi connectivity index (χ1n) is 7.39. The highest BCUT2D eigenvalue weighted by Crippen LogP contribution is 2.19. The van der Waals surface area contributed by atoms with Crippen LogP contribution in [0.1, 0.15) is 48.0 Å². The van der Waals surface area contributed by atoms with Crippen LogP contribution in [0.15, 0.2) is 0 Å². The highest BCUT2D eigenvalue weighted by molar-refractivity contribution is 5.78. The smallest absolute Gasteiger partial charge is 0.323 e. The minimum atomic E-state index is -0.909. The Morgan fingerprint density at radius 2 is 1.85 bits per heavy atom. The molecule has 0 aromatic heterocycles. The first kappa shape index (κ1) is 19.4. The zero-order valence-corrected chi connectivity index (χ0v) is 14.1. The second-order valence-electron chi connectivity index (χ2n) is 6.31. The Morgan fingerprint density at radius 1 is 1.30 bits per heavy atom. The molecule has 0 aliphatic heterocycles. The lowest BCUT2D eigenvalue weighted by Gasteiger charge is -2.38. The van der Waals surface area contributed by atoms with Gasteiger partial charge in [-0.25, -0.2) is 0 Å². The van der Waals surface area contributed by atoms with Crippen molar-refractivity contribution >= 4 is 5.97 Å². The topological polar surface area (TPSA) is 61.8 Å². The molecule has 0 aliphatic carbocycles. The summed E-state index contributed by atoms with van der Waals surface area (Å²) in [6.45, 7) is 13.5. The Balaban J connectivity index is 4.86. The molecular weight excluding hydrogens is 256 g/mol. The summed E-state index contributed by atoms with van der Waals surface area (Å²) >= 11 is 0. The van der Waals surface area contributed by atoms with Gasteiger partial charge in [0.05, 0.1) is 6.61 Å². The van der Waals surface area contributed by atoms with Crippen LogP contribution in [0, 0.1) is 0 Å². The van der Waals surface area contributed by atoms with Gasteiger partial charge < -0.3 is 9.84 Å². The molecule has 0 radical (unpaired) electrons. The number of rotatable bonds is 10. The lowest BCUT2D eigenvalue weighted by atomic mass is 9.91. The third kappa shape index (κ3) is 6.20. The fraction of sp³-hybridized carbons (Fsp3) is 0.933. The molecular formula is C15H32N2O3. The van der Waals surface area contributed by atoms with Gasteiger partial charge in [-0.3, -0.25) is 15.0 Å². The van der Waals surface area contributed by atoms with Crippen molar-refractivity contribution in [1.29, 1.82) is 0 Å². The SMILES string of the molecule is COCCN(C(C)C)C(C)CC(C)(NC(C)C)C(=O)O. The van der Waals surface area contributed by atoms with E-state index >= 15 is 0 Å². The summed E-state index contributed by atoms with van der Waals surface area (Å²) in [5, 5.41) is 12.7. The molecule has 2 N–H and O–H groups in total. The largest absolute Gasteiger partial charge is 0.480 e. The first-order valence-corrected chi connectivity index (χ1v) is 7.39. The van der Waals surface area contributed by atoms with E-state index in [2.05, 4.69) is 31.0 Å². The number of carbonyl (C=O) groups is 1. The maximum Gasteiger partial charge on any atom is 0.323 e. The molecule has 120 valence electrons. The summed E-state index contributed by atoms with van der Waals surface area (Å²) < 4.78 is 5.14. The van der Waals surface area contributed by atoms with E-state index in [-0.39, 0.29) is 12.1 Å². The van der Waals surface area contributed by atoms with Crippen LogP contribution in [-0.4, -0.2) is 59.9 Å². The molecule has 2 unspecified atom stereocenters. The highest BCUT2D eigenvalue weighted by atomic mass is 16.5. The van der Waals surface area contributed by atoms with Gasteiger partial charge in [-0.2, -0.15) is 0 Å².